The minimum absolute atomic E-state index is 0.0667. The van der Waals surface area contributed by atoms with Gasteiger partial charge in [-0.15, -0.1) is 0 Å². The number of fused-ring (bicyclic) bond motifs is 1. The van der Waals surface area contributed by atoms with E-state index in [2.05, 4.69) is 13.8 Å². The van der Waals surface area contributed by atoms with Crippen LogP contribution in [0.1, 0.15) is 65.2 Å². The monoisotopic (exact) mass is 310 g/mol. The Balaban J connectivity index is 2.21. The highest BCUT2D eigenvalue weighted by molar-refractivity contribution is 5.72. The van der Waals surface area contributed by atoms with Crippen molar-refractivity contribution in [1.82, 2.24) is 0 Å². The van der Waals surface area contributed by atoms with Crippen LogP contribution in [-0.4, -0.2) is 22.2 Å². The highest BCUT2D eigenvalue weighted by Crippen LogP contribution is 2.52. The van der Waals surface area contributed by atoms with Crippen LogP contribution in [0.4, 0.5) is 0 Å². The van der Waals surface area contributed by atoms with Crippen molar-refractivity contribution in [2.45, 2.75) is 65.2 Å². The van der Waals surface area contributed by atoms with E-state index in [1.165, 1.54) is 19.3 Å². The largest absolute Gasteiger partial charge is 0.481 e. The Morgan fingerprint density at radius 2 is 1.73 bits per heavy atom. The van der Waals surface area contributed by atoms with Gasteiger partial charge in [-0.1, -0.05) is 33.1 Å². The van der Waals surface area contributed by atoms with Crippen molar-refractivity contribution >= 4 is 11.9 Å². The molecule has 2 N–H and O–H groups in total. The summed E-state index contributed by atoms with van der Waals surface area (Å²) in [6, 6.07) is 0. The standard InChI is InChI=1S/C18H30O4/c1-3-5-6-13-11(4-2)9-16(18(21)22)15-10-12(17(19)20)7-8-14(13)15/h11-16H,3-10H2,1-2H3,(H,19,20)(H,21,22). The molecule has 6 unspecified atom stereocenters. The lowest BCUT2D eigenvalue weighted by atomic mass is 9.54. The number of unbranched alkanes of at least 4 members (excludes halogenated alkanes) is 1. The second-order valence-electron chi connectivity index (χ2n) is 7.33. The van der Waals surface area contributed by atoms with Gasteiger partial charge in [-0.3, -0.25) is 9.59 Å². The molecule has 4 nitrogen and oxygen atoms in total. The Labute approximate surface area is 133 Å². The summed E-state index contributed by atoms with van der Waals surface area (Å²) in [5.41, 5.74) is 0. The van der Waals surface area contributed by atoms with Crippen LogP contribution in [0.5, 0.6) is 0 Å². The summed E-state index contributed by atoms with van der Waals surface area (Å²) in [5.74, 6) is -0.559. The molecule has 2 aliphatic carbocycles. The summed E-state index contributed by atoms with van der Waals surface area (Å²) >= 11 is 0. The summed E-state index contributed by atoms with van der Waals surface area (Å²) in [6.45, 7) is 4.37. The zero-order chi connectivity index (χ0) is 16.3. The Kier molecular flexibility index (Phi) is 5.87. The van der Waals surface area contributed by atoms with Crippen LogP contribution >= 0.6 is 0 Å². The average Bonchev–Trinajstić information content (AvgIpc) is 2.50. The van der Waals surface area contributed by atoms with Crippen LogP contribution < -0.4 is 0 Å². The van der Waals surface area contributed by atoms with Crippen LogP contribution in [0.3, 0.4) is 0 Å². The third-order valence-electron chi connectivity index (χ3n) is 6.27. The zero-order valence-corrected chi connectivity index (χ0v) is 13.8. The first-order chi connectivity index (χ1) is 10.5. The van der Waals surface area contributed by atoms with E-state index in [-0.39, 0.29) is 17.8 Å². The molecule has 2 aliphatic rings. The van der Waals surface area contributed by atoms with Gasteiger partial charge in [-0.05, 0) is 55.8 Å². The van der Waals surface area contributed by atoms with Crippen molar-refractivity contribution in [2.24, 2.45) is 35.5 Å². The van der Waals surface area contributed by atoms with Gasteiger partial charge >= 0.3 is 11.9 Å². The number of carbonyl (C=O) groups is 2. The number of rotatable bonds is 6. The lowest BCUT2D eigenvalue weighted by molar-refractivity contribution is -0.156. The van der Waals surface area contributed by atoms with Crippen molar-refractivity contribution < 1.29 is 19.8 Å². The molecule has 0 aliphatic heterocycles. The fraction of sp³-hybridized carbons (Fsp3) is 0.889. The minimum atomic E-state index is -0.745. The second kappa shape index (κ2) is 7.47. The first-order valence-electron chi connectivity index (χ1n) is 8.95. The van der Waals surface area contributed by atoms with Gasteiger partial charge in [0.25, 0.3) is 0 Å². The molecule has 126 valence electrons. The average molecular weight is 310 g/mol. The lowest BCUT2D eigenvalue weighted by Crippen LogP contribution is -2.46. The van der Waals surface area contributed by atoms with E-state index >= 15 is 0 Å². The van der Waals surface area contributed by atoms with Gasteiger partial charge in [0, 0.05) is 0 Å². The molecule has 0 aromatic rings. The van der Waals surface area contributed by atoms with E-state index in [1.54, 1.807) is 0 Å². The molecule has 22 heavy (non-hydrogen) atoms. The third kappa shape index (κ3) is 3.47. The summed E-state index contributed by atoms with van der Waals surface area (Å²) in [5, 5.41) is 18.9. The maximum absolute atomic E-state index is 11.7. The van der Waals surface area contributed by atoms with Crippen LogP contribution in [0.2, 0.25) is 0 Å². The van der Waals surface area contributed by atoms with Crippen LogP contribution in [0, 0.1) is 35.5 Å². The summed E-state index contributed by atoms with van der Waals surface area (Å²) in [4.78, 5) is 23.1. The maximum Gasteiger partial charge on any atom is 0.306 e. The molecular formula is C18H30O4. The number of carboxylic acids is 2. The molecule has 0 amide bonds. The van der Waals surface area contributed by atoms with E-state index in [1.807, 2.05) is 0 Å². The lowest BCUT2D eigenvalue weighted by Gasteiger charge is -2.49. The van der Waals surface area contributed by atoms with Crippen LogP contribution in [0.25, 0.3) is 0 Å². The normalized spacial score (nSPS) is 38.3. The SMILES string of the molecule is CCCCC1C(CC)CC(C(=O)O)C2CC(C(=O)O)CCC12. The molecular weight excluding hydrogens is 280 g/mol. The Morgan fingerprint density at radius 1 is 1.00 bits per heavy atom. The fourth-order valence-electron chi connectivity index (χ4n) is 5.12. The molecule has 0 heterocycles. The summed E-state index contributed by atoms with van der Waals surface area (Å²) < 4.78 is 0. The zero-order valence-electron chi connectivity index (χ0n) is 13.8. The van der Waals surface area contributed by atoms with Gasteiger partial charge in [0.15, 0.2) is 0 Å². The molecule has 0 aromatic carbocycles. The predicted octanol–water partition coefficient (Wildman–Crippen LogP) is 4.04. The van der Waals surface area contributed by atoms with Crippen molar-refractivity contribution in [2.75, 3.05) is 0 Å². The second-order valence-corrected chi connectivity index (χ2v) is 7.33. The minimum Gasteiger partial charge on any atom is -0.481 e. The number of hydrogen-bond acceptors (Lipinski definition) is 2. The Bertz CT molecular complexity index is 406. The quantitative estimate of drug-likeness (QED) is 0.776. The Hall–Kier alpha value is -1.06. The number of carboxylic acid groups (broad SMARTS) is 2. The molecule has 0 saturated heterocycles. The molecule has 2 rings (SSSR count). The summed E-state index contributed by atoms with van der Waals surface area (Å²) in [7, 11) is 0. The van der Waals surface area contributed by atoms with Gasteiger partial charge in [0.1, 0.15) is 0 Å². The molecule has 4 heteroatoms. The van der Waals surface area contributed by atoms with Crippen molar-refractivity contribution in [1.29, 1.82) is 0 Å². The van der Waals surface area contributed by atoms with E-state index < -0.39 is 11.9 Å². The number of aliphatic carboxylic acids is 2. The third-order valence-corrected chi connectivity index (χ3v) is 6.27. The topological polar surface area (TPSA) is 74.6 Å². The molecule has 0 bridgehead atoms. The maximum atomic E-state index is 11.7. The Morgan fingerprint density at radius 3 is 2.27 bits per heavy atom. The summed E-state index contributed by atoms with van der Waals surface area (Å²) in [6.07, 6.45) is 7.53. The van der Waals surface area contributed by atoms with E-state index in [9.17, 15) is 19.8 Å². The number of hydrogen-bond donors (Lipinski definition) is 2. The van der Waals surface area contributed by atoms with Crippen molar-refractivity contribution in [3.63, 3.8) is 0 Å². The molecule has 0 aromatic heterocycles. The van der Waals surface area contributed by atoms with E-state index in [0.717, 1.165) is 25.7 Å². The van der Waals surface area contributed by atoms with E-state index in [0.29, 0.717) is 24.2 Å². The smallest absolute Gasteiger partial charge is 0.306 e. The van der Waals surface area contributed by atoms with Crippen LogP contribution in [-0.2, 0) is 9.59 Å². The van der Waals surface area contributed by atoms with Gasteiger partial charge in [-0.25, -0.2) is 0 Å². The van der Waals surface area contributed by atoms with Crippen molar-refractivity contribution in [3.8, 4) is 0 Å². The molecule has 2 saturated carbocycles. The molecule has 6 atom stereocenters. The molecule has 0 spiro atoms. The highest BCUT2D eigenvalue weighted by atomic mass is 16.4. The van der Waals surface area contributed by atoms with E-state index in [4.69, 9.17) is 0 Å². The molecule has 2 fully saturated rings. The van der Waals surface area contributed by atoms with Gasteiger partial charge in [0.05, 0.1) is 11.8 Å². The fourth-order valence-corrected chi connectivity index (χ4v) is 5.12. The first-order valence-corrected chi connectivity index (χ1v) is 8.95. The van der Waals surface area contributed by atoms with Gasteiger partial charge in [-0.2, -0.15) is 0 Å². The molecule has 0 radical (unpaired) electrons. The van der Waals surface area contributed by atoms with Gasteiger partial charge in [0.2, 0.25) is 0 Å². The van der Waals surface area contributed by atoms with Crippen LogP contribution in [0.15, 0.2) is 0 Å². The first kappa shape index (κ1) is 17.3. The predicted molar refractivity (Wildman–Crippen MR) is 84.5 cm³/mol. The van der Waals surface area contributed by atoms with Crippen molar-refractivity contribution in [3.05, 3.63) is 0 Å². The highest BCUT2D eigenvalue weighted by Gasteiger charge is 2.49. The van der Waals surface area contributed by atoms with Gasteiger partial charge < -0.3 is 10.2 Å².